The number of hydrazone groups is 1. The van der Waals surface area contributed by atoms with Gasteiger partial charge in [0.05, 0.1) is 131 Å². The van der Waals surface area contributed by atoms with Gasteiger partial charge >= 0.3 is 5.97 Å². The van der Waals surface area contributed by atoms with Gasteiger partial charge in [0.25, 0.3) is 0 Å². The number of likely N-dealkylation sites (tertiary alicyclic amines) is 1. The van der Waals surface area contributed by atoms with Gasteiger partial charge in [-0.25, -0.2) is 22.0 Å². The van der Waals surface area contributed by atoms with Crippen molar-refractivity contribution in [2.75, 3.05) is 138 Å². The second-order valence-corrected chi connectivity index (χ2v) is 23.4. The first-order chi connectivity index (χ1) is 42.1. The first kappa shape index (κ1) is 69.4. The summed E-state index contributed by atoms with van der Waals surface area (Å²) in [7, 11) is 0. The summed E-state index contributed by atoms with van der Waals surface area (Å²) >= 11 is 0. The minimum absolute atomic E-state index is 0.0549. The van der Waals surface area contributed by atoms with Crippen molar-refractivity contribution < 1.29 is 74.2 Å². The first-order valence-electron chi connectivity index (χ1n) is 31.0. The Bertz CT molecular complexity index is 2440. The summed E-state index contributed by atoms with van der Waals surface area (Å²) in [6.45, 7) is 11.6. The molecule has 1 amide bonds. The highest BCUT2D eigenvalue weighted by atomic mass is 19.3. The number of hydrogen-bond acceptors (Lipinski definition) is 18. The van der Waals surface area contributed by atoms with Gasteiger partial charge in [-0.2, -0.15) is 5.10 Å². The number of alkyl halides is 2. The molecular formula is C62H92F5N9O11. The van der Waals surface area contributed by atoms with Crippen molar-refractivity contribution in [3.63, 3.8) is 0 Å². The predicted molar refractivity (Wildman–Crippen MR) is 317 cm³/mol. The van der Waals surface area contributed by atoms with Crippen LogP contribution in [0.25, 0.3) is 0 Å². The molecule has 3 aliphatic heterocycles. The summed E-state index contributed by atoms with van der Waals surface area (Å²) in [5.74, 6) is -2.09. The number of halogens is 5. The number of ether oxygens (including phenoxy) is 9. The summed E-state index contributed by atoms with van der Waals surface area (Å²) in [6, 6.07) is 11.5. The standard InChI is InChI=1S/C62H92F5N9O11/c1-45(68)76(53-39-51-7-8-52(40-53)75(51)20-13-56(46-5-3-2-4-6-46)72-60(78)48-11-17-62(66,67)18-12-48)59(69)47-9-15-61(16-10-47)43-74(44-61)21-24-81-27-30-84-33-34-85-35-36-86-42-50(73-70)41-71-19-23-80-26-29-83-32-31-82-28-25-79-22-14-57(77)87-58-54(64)37-49(63)38-55(58)65/h2-6,37-38,41,47-48,51-53,56,68-69H,7-36,39-40,42-44,70H2,1H3,(H,72,78)/b68-45?,69-59?,71-41?,73-50+/t51?,52?,53?,56-/m0/s1. The Morgan fingerprint density at radius 1 is 0.713 bits per heavy atom. The molecule has 2 aromatic carbocycles. The highest BCUT2D eigenvalue weighted by Crippen LogP contribution is 2.47. The SMILES string of the molecule is CC(=N)N(C(=N)C1CCC2(CC1)CN(CCOCCOCCOCCOC/C(C=NCCOCCOCCOCCOCCC(=O)Oc1c(F)cc(F)cc1F)=N/N)C2)C1CC2CCC(C1)N2CC[C@H](NC(=O)C1CCC(F)(F)CC1)c1ccccc1. The Hall–Kier alpha value is -5.09. The van der Waals surface area contributed by atoms with Crippen molar-refractivity contribution in [1.82, 2.24) is 20.0 Å². The molecule has 2 unspecified atom stereocenters. The highest BCUT2D eigenvalue weighted by molar-refractivity contribution is 6.31. The molecule has 0 radical (unpaired) electrons. The lowest BCUT2D eigenvalue weighted by atomic mass is 9.65. The molecular weight excluding hydrogens is 1140 g/mol. The van der Waals surface area contributed by atoms with Crippen LogP contribution >= 0.6 is 0 Å². The number of fused-ring (bicyclic) bond motifs is 2. The largest absolute Gasteiger partial charge is 0.420 e. The van der Waals surface area contributed by atoms with Gasteiger partial charge in [0.1, 0.15) is 17.4 Å². The first-order valence-corrected chi connectivity index (χ1v) is 31.0. The Labute approximate surface area is 508 Å². The summed E-state index contributed by atoms with van der Waals surface area (Å²) in [5, 5.41) is 25.3. The average molecular weight is 1230 g/mol. The topological polar surface area (TPSA) is 237 Å². The fraction of sp³-hybridized carbons (Fsp3) is 0.710. The summed E-state index contributed by atoms with van der Waals surface area (Å²) in [5.41, 5.74) is 1.81. The molecule has 2 aromatic rings. The van der Waals surface area contributed by atoms with Crippen LogP contribution < -0.4 is 15.9 Å². The number of amidine groups is 2. The van der Waals surface area contributed by atoms with Crippen LogP contribution in [-0.2, 0) is 47.5 Å². The Balaban J connectivity index is 0.630. The molecule has 3 heterocycles. The molecule has 2 aliphatic carbocycles. The number of nitrogens with one attached hydrogen (secondary N) is 3. The van der Waals surface area contributed by atoms with E-state index in [2.05, 4.69) is 34.8 Å². The van der Waals surface area contributed by atoms with E-state index < -0.39 is 35.1 Å². The van der Waals surface area contributed by atoms with Gasteiger partial charge in [-0.3, -0.25) is 35.2 Å². The van der Waals surface area contributed by atoms with Gasteiger partial charge in [0, 0.05) is 87.3 Å². The maximum atomic E-state index is 13.9. The lowest BCUT2D eigenvalue weighted by Gasteiger charge is -2.54. The number of esters is 1. The fourth-order valence-corrected chi connectivity index (χ4v) is 12.6. The normalized spacial score (nSPS) is 21.1. The summed E-state index contributed by atoms with van der Waals surface area (Å²) in [4.78, 5) is 36.5. The predicted octanol–water partition coefficient (Wildman–Crippen LogP) is 7.75. The smallest absolute Gasteiger partial charge is 0.313 e. The van der Waals surface area contributed by atoms with Crippen molar-refractivity contribution in [3.8, 4) is 5.75 Å². The van der Waals surface area contributed by atoms with E-state index in [-0.39, 0.29) is 88.4 Å². The number of amides is 1. The molecule has 5 aliphatic rings. The third-order valence-corrected chi connectivity index (χ3v) is 17.1. The van der Waals surface area contributed by atoms with Crippen molar-refractivity contribution in [2.24, 2.45) is 33.2 Å². The van der Waals surface area contributed by atoms with E-state index >= 15 is 0 Å². The van der Waals surface area contributed by atoms with Crippen molar-refractivity contribution in [3.05, 3.63) is 65.5 Å². The Morgan fingerprint density at radius 2 is 1.24 bits per heavy atom. The van der Waals surface area contributed by atoms with E-state index in [1.807, 2.05) is 37.3 Å². The van der Waals surface area contributed by atoms with Gasteiger partial charge in [-0.15, -0.1) is 0 Å². The van der Waals surface area contributed by atoms with Crippen molar-refractivity contribution in [2.45, 2.75) is 127 Å². The monoisotopic (exact) mass is 1230 g/mol. The number of rotatable bonds is 39. The zero-order valence-corrected chi connectivity index (χ0v) is 50.5. The molecule has 2 bridgehead atoms. The van der Waals surface area contributed by atoms with Crippen molar-refractivity contribution >= 4 is 35.5 Å². The molecule has 25 heteroatoms. The molecule has 486 valence electrons. The van der Waals surface area contributed by atoms with E-state index in [1.165, 1.54) is 0 Å². The molecule has 0 aromatic heterocycles. The zero-order valence-electron chi connectivity index (χ0n) is 50.5. The third-order valence-electron chi connectivity index (χ3n) is 17.1. The molecule has 3 saturated heterocycles. The van der Waals surface area contributed by atoms with Crippen LogP contribution in [0.15, 0.2) is 52.6 Å². The quantitative estimate of drug-likeness (QED) is 0.00732. The van der Waals surface area contributed by atoms with E-state index in [1.54, 1.807) is 6.21 Å². The lowest BCUT2D eigenvalue weighted by molar-refractivity contribution is -0.136. The second kappa shape index (κ2) is 36.5. The minimum atomic E-state index is -2.68. The van der Waals surface area contributed by atoms with Crippen LogP contribution in [-0.4, -0.2) is 213 Å². The summed E-state index contributed by atoms with van der Waals surface area (Å²) < 4.78 is 117. The molecule has 7 rings (SSSR count). The van der Waals surface area contributed by atoms with Crippen LogP contribution in [0.5, 0.6) is 5.75 Å². The van der Waals surface area contributed by atoms with Gasteiger partial charge < -0.3 is 58.7 Å². The zero-order chi connectivity index (χ0) is 61.9. The fourth-order valence-electron chi connectivity index (χ4n) is 12.6. The molecule has 87 heavy (non-hydrogen) atoms. The molecule has 1 spiro atoms. The molecule has 5 N–H and O–H groups in total. The number of nitrogens with zero attached hydrogens (tertiary/aromatic N) is 5. The Kier molecular flexibility index (Phi) is 29.1. The number of hydrogen-bond donors (Lipinski definition) is 4. The number of carbonyl (C=O) groups excluding carboxylic acids is 2. The average Bonchev–Trinajstić information content (AvgIpc) is 2.42. The van der Waals surface area contributed by atoms with Gasteiger partial charge in [-0.05, 0) is 88.5 Å². The van der Waals surface area contributed by atoms with E-state index in [0.29, 0.717) is 133 Å². The molecule has 2 saturated carbocycles. The number of aliphatic imine (C=N–C) groups is 1. The van der Waals surface area contributed by atoms with Crippen LogP contribution in [0.1, 0.15) is 108 Å². The number of carbonyl (C=O) groups is 2. The lowest BCUT2D eigenvalue weighted by Crippen LogP contribution is -2.59. The van der Waals surface area contributed by atoms with Crippen LogP contribution in [0, 0.1) is 45.5 Å². The molecule has 20 nitrogen and oxygen atoms in total. The van der Waals surface area contributed by atoms with Crippen molar-refractivity contribution in [1.29, 1.82) is 10.8 Å². The second-order valence-electron chi connectivity index (χ2n) is 23.4. The Morgan fingerprint density at radius 3 is 1.80 bits per heavy atom. The van der Waals surface area contributed by atoms with Gasteiger partial charge in [0.2, 0.25) is 17.6 Å². The number of benzene rings is 2. The van der Waals surface area contributed by atoms with Gasteiger partial charge in [-0.1, -0.05) is 30.3 Å². The van der Waals surface area contributed by atoms with E-state index in [0.717, 1.165) is 89.5 Å². The van der Waals surface area contributed by atoms with E-state index in [4.69, 9.17) is 49.1 Å². The highest BCUT2D eigenvalue weighted by Gasteiger charge is 2.48. The maximum absolute atomic E-state index is 13.9. The molecule has 3 atom stereocenters. The van der Waals surface area contributed by atoms with Crippen LogP contribution in [0.3, 0.4) is 0 Å². The maximum Gasteiger partial charge on any atom is 0.313 e. The summed E-state index contributed by atoms with van der Waals surface area (Å²) in [6.07, 6.45) is 10.1. The number of piperidine rings is 1. The minimum Gasteiger partial charge on any atom is -0.420 e. The van der Waals surface area contributed by atoms with Crippen LogP contribution in [0.4, 0.5) is 22.0 Å². The third kappa shape index (κ3) is 23.0. The number of nitrogens with two attached hydrogens (primary N) is 1. The van der Waals surface area contributed by atoms with Gasteiger partial charge in [0.15, 0.2) is 11.6 Å². The van der Waals surface area contributed by atoms with Crippen LogP contribution in [0.2, 0.25) is 0 Å². The van der Waals surface area contributed by atoms with E-state index in [9.17, 15) is 37.0 Å². The molecule has 5 fully saturated rings.